The van der Waals surface area contributed by atoms with Crippen molar-refractivity contribution in [1.82, 2.24) is 19.6 Å². The number of hydrogen-bond acceptors (Lipinski definition) is 5. The summed E-state index contributed by atoms with van der Waals surface area (Å²) in [5.41, 5.74) is 1.85. The molecular formula is C18H16FN5O. The molecule has 2 aromatic carbocycles. The van der Waals surface area contributed by atoms with Crippen LogP contribution in [0.1, 0.15) is 11.4 Å². The summed E-state index contributed by atoms with van der Waals surface area (Å²) in [7, 11) is 1.87. The van der Waals surface area contributed by atoms with Gasteiger partial charge in [0.15, 0.2) is 0 Å². The van der Waals surface area contributed by atoms with Crippen LogP contribution in [0.4, 0.5) is 15.9 Å². The lowest BCUT2D eigenvalue weighted by Gasteiger charge is -2.21. The molecule has 0 spiro atoms. The van der Waals surface area contributed by atoms with Crippen LogP contribution in [0.5, 0.6) is 0 Å². The highest BCUT2D eigenvalue weighted by Crippen LogP contribution is 2.32. The molecule has 0 aliphatic heterocycles. The van der Waals surface area contributed by atoms with E-state index in [-0.39, 0.29) is 12.2 Å². The van der Waals surface area contributed by atoms with Crippen molar-refractivity contribution in [2.45, 2.75) is 13.5 Å². The zero-order chi connectivity index (χ0) is 17.6. The van der Waals surface area contributed by atoms with Crippen molar-refractivity contribution in [2.75, 3.05) is 11.9 Å². The first-order valence-corrected chi connectivity index (χ1v) is 7.83. The van der Waals surface area contributed by atoms with Gasteiger partial charge in [-0.05, 0) is 31.2 Å². The van der Waals surface area contributed by atoms with Crippen LogP contribution >= 0.6 is 0 Å². The summed E-state index contributed by atoms with van der Waals surface area (Å²) in [6.45, 7) is 1.43. The van der Waals surface area contributed by atoms with Crippen LogP contribution in [0.25, 0.3) is 16.7 Å². The maximum absolute atomic E-state index is 14.3. The van der Waals surface area contributed by atoms with Gasteiger partial charge in [0, 0.05) is 23.7 Å². The second-order valence-electron chi connectivity index (χ2n) is 5.83. The Labute approximate surface area is 143 Å². The van der Waals surface area contributed by atoms with Gasteiger partial charge in [-0.15, -0.1) is 10.2 Å². The first kappa shape index (κ1) is 15.5. The van der Waals surface area contributed by atoms with Crippen LogP contribution in [-0.2, 0) is 6.61 Å². The molecule has 0 atom stereocenters. The average molecular weight is 337 g/mol. The minimum atomic E-state index is -0.468. The lowest BCUT2D eigenvalue weighted by atomic mass is 10.1. The van der Waals surface area contributed by atoms with E-state index in [2.05, 4.69) is 15.2 Å². The monoisotopic (exact) mass is 337 g/mol. The Bertz CT molecular complexity index is 1080. The predicted octanol–water partition coefficient (Wildman–Crippen LogP) is 2.99. The topological polar surface area (TPSA) is 66.5 Å². The van der Waals surface area contributed by atoms with E-state index in [1.54, 1.807) is 10.5 Å². The molecule has 0 aliphatic carbocycles. The number of aromatic nitrogens is 4. The average Bonchev–Trinajstić information content (AvgIpc) is 3.01. The van der Waals surface area contributed by atoms with Gasteiger partial charge in [0.05, 0.1) is 12.1 Å². The lowest BCUT2D eigenvalue weighted by molar-refractivity contribution is 0.276. The highest BCUT2D eigenvalue weighted by Gasteiger charge is 2.18. The first-order chi connectivity index (χ1) is 12.1. The number of nitrogens with zero attached hydrogens (tertiary/aromatic N) is 5. The fourth-order valence-corrected chi connectivity index (χ4v) is 2.98. The Morgan fingerprint density at radius 2 is 1.92 bits per heavy atom. The van der Waals surface area contributed by atoms with E-state index in [9.17, 15) is 9.50 Å². The van der Waals surface area contributed by atoms with Crippen molar-refractivity contribution in [3.05, 3.63) is 59.7 Å². The third-order valence-electron chi connectivity index (χ3n) is 4.29. The third kappa shape index (κ3) is 2.40. The molecule has 0 saturated carbocycles. The van der Waals surface area contributed by atoms with Gasteiger partial charge < -0.3 is 10.0 Å². The van der Waals surface area contributed by atoms with Gasteiger partial charge in [-0.25, -0.2) is 4.39 Å². The number of aryl methyl sites for hydroxylation is 1. The zero-order valence-corrected chi connectivity index (χ0v) is 13.8. The minimum absolute atomic E-state index is 0.224. The highest BCUT2D eigenvalue weighted by atomic mass is 19.1. The standard InChI is InChI=1S/C18H16FN5O/c1-11-21-22-18-20-17(23(2)13-6-4-3-5-7-13)14-9-15(19)12(10-25)8-16(14)24(11)18/h3-9,25H,10H2,1-2H3. The second-order valence-corrected chi connectivity index (χ2v) is 5.83. The summed E-state index contributed by atoms with van der Waals surface area (Å²) in [5, 5.41) is 18.2. The van der Waals surface area contributed by atoms with Crippen molar-refractivity contribution in [2.24, 2.45) is 0 Å². The summed E-state index contributed by atoms with van der Waals surface area (Å²) >= 11 is 0. The van der Waals surface area contributed by atoms with Crippen molar-refractivity contribution in [3.63, 3.8) is 0 Å². The van der Waals surface area contributed by atoms with E-state index in [0.717, 1.165) is 5.69 Å². The second kappa shape index (κ2) is 5.78. The fourth-order valence-electron chi connectivity index (χ4n) is 2.98. The van der Waals surface area contributed by atoms with E-state index >= 15 is 0 Å². The number of anilines is 2. The molecule has 1 N–H and O–H groups in total. The molecule has 0 aliphatic rings. The van der Waals surface area contributed by atoms with E-state index in [1.165, 1.54) is 6.07 Å². The molecule has 2 heterocycles. The molecule has 0 fully saturated rings. The number of rotatable bonds is 3. The number of aliphatic hydroxyl groups is 1. The van der Waals surface area contributed by atoms with Gasteiger partial charge in [0.1, 0.15) is 17.5 Å². The molecule has 6 nitrogen and oxygen atoms in total. The minimum Gasteiger partial charge on any atom is -0.392 e. The van der Waals surface area contributed by atoms with Crippen LogP contribution in [0.3, 0.4) is 0 Å². The van der Waals surface area contributed by atoms with Crippen LogP contribution in [0, 0.1) is 12.7 Å². The Kier molecular flexibility index (Phi) is 3.58. The number of halogens is 1. The number of benzene rings is 2. The molecule has 0 saturated heterocycles. The van der Waals surface area contributed by atoms with Crippen LogP contribution in [-0.4, -0.2) is 31.7 Å². The summed E-state index contributed by atoms with van der Waals surface area (Å²) in [5.74, 6) is 1.18. The predicted molar refractivity (Wildman–Crippen MR) is 93.4 cm³/mol. The molecule has 7 heteroatoms. The van der Waals surface area contributed by atoms with Gasteiger partial charge in [-0.2, -0.15) is 4.98 Å². The molecule has 2 aromatic heterocycles. The van der Waals surface area contributed by atoms with Crippen LogP contribution in [0.15, 0.2) is 42.5 Å². The van der Waals surface area contributed by atoms with Crippen molar-refractivity contribution in [1.29, 1.82) is 0 Å². The maximum Gasteiger partial charge on any atom is 0.257 e. The molecule has 4 rings (SSSR count). The molecule has 126 valence electrons. The van der Waals surface area contributed by atoms with Gasteiger partial charge >= 0.3 is 0 Å². The largest absolute Gasteiger partial charge is 0.392 e. The van der Waals surface area contributed by atoms with E-state index in [0.29, 0.717) is 28.3 Å². The molecule has 0 amide bonds. The third-order valence-corrected chi connectivity index (χ3v) is 4.29. The lowest BCUT2D eigenvalue weighted by Crippen LogP contribution is -2.13. The first-order valence-electron chi connectivity index (χ1n) is 7.83. The summed E-state index contributed by atoms with van der Waals surface area (Å²) in [4.78, 5) is 6.46. The SMILES string of the molecule is Cc1nnc2nc(N(C)c3ccccc3)c3cc(F)c(CO)cc3n12. The Morgan fingerprint density at radius 3 is 2.64 bits per heavy atom. The zero-order valence-electron chi connectivity index (χ0n) is 13.8. The maximum atomic E-state index is 14.3. The molecule has 0 radical (unpaired) electrons. The number of hydrogen-bond donors (Lipinski definition) is 1. The van der Waals surface area contributed by atoms with Gasteiger partial charge in [-0.1, -0.05) is 18.2 Å². The number of fused-ring (bicyclic) bond motifs is 3. The Balaban J connectivity index is 2.08. The fraction of sp³-hybridized carbons (Fsp3) is 0.167. The van der Waals surface area contributed by atoms with Gasteiger partial charge in [-0.3, -0.25) is 4.40 Å². The van der Waals surface area contributed by atoms with Crippen LogP contribution in [0.2, 0.25) is 0 Å². The van der Waals surface area contributed by atoms with E-state index in [1.807, 2.05) is 49.2 Å². The Morgan fingerprint density at radius 1 is 1.16 bits per heavy atom. The Hall–Kier alpha value is -3.06. The number of para-hydroxylation sites is 1. The van der Waals surface area contributed by atoms with E-state index in [4.69, 9.17) is 0 Å². The van der Waals surface area contributed by atoms with Gasteiger partial charge in [0.2, 0.25) is 0 Å². The quantitative estimate of drug-likeness (QED) is 0.622. The van der Waals surface area contributed by atoms with Crippen molar-refractivity contribution < 1.29 is 9.50 Å². The molecular weight excluding hydrogens is 321 g/mol. The van der Waals surface area contributed by atoms with Gasteiger partial charge in [0.25, 0.3) is 5.78 Å². The highest BCUT2D eigenvalue weighted by molar-refractivity contribution is 5.94. The molecule has 0 unspecified atom stereocenters. The smallest absolute Gasteiger partial charge is 0.257 e. The summed E-state index contributed by atoms with van der Waals surface area (Å²) < 4.78 is 16.1. The molecule has 4 aromatic rings. The summed E-state index contributed by atoms with van der Waals surface area (Å²) in [6.07, 6.45) is 0. The number of aliphatic hydroxyl groups excluding tert-OH is 1. The molecule has 0 bridgehead atoms. The van der Waals surface area contributed by atoms with Crippen LogP contribution < -0.4 is 4.90 Å². The van der Waals surface area contributed by atoms with Crippen molar-refractivity contribution in [3.8, 4) is 0 Å². The van der Waals surface area contributed by atoms with E-state index < -0.39 is 5.82 Å². The summed E-state index contributed by atoms with van der Waals surface area (Å²) in [6, 6.07) is 12.7. The normalized spacial score (nSPS) is 11.4. The molecule has 25 heavy (non-hydrogen) atoms. The van der Waals surface area contributed by atoms with Crippen molar-refractivity contribution >= 4 is 28.2 Å².